The lowest BCUT2D eigenvalue weighted by Gasteiger charge is -2.11. The van der Waals surface area contributed by atoms with Crippen LogP contribution in [0.25, 0.3) is 11.3 Å². The van der Waals surface area contributed by atoms with E-state index in [1.165, 1.54) is 6.07 Å². The van der Waals surface area contributed by atoms with Gasteiger partial charge < -0.3 is 10.6 Å². The van der Waals surface area contributed by atoms with Gasteiger partial charge in [0.05, 0.1) is 11.7 Å². The van der Waals surface area contributed by atoms with Crippen LogP contribution in [-0.4, -0.2) is 28.7 Å². The summed E-state index contributed by atoms with van der Waals surface area (Å²) in [6, 6.07) is 8.78. The number of aromatic nitrogens is 2. The predicted octanol–water partition coefficient (Wildman–Crippen LogP) is 1.06. The number of hydrogen-bond donors (Lipinski definition) is 4. The van der Waals surface area contributed by atoms with E-state index in [2.05, 4.69) is 20.8 Å². The van der Waals surface area contributed by atoms with Gasteiger partial charge in [-0.2, -0.15) is 0 Å². The maximum Gasteiger partial charge on any atom is 0.264 e. The first-order chi connectivity index (χ1) is 9.72. The number of anilines is 1. The highest BCUT2D eigenvalue weighted by Crippen LogP contribution is 2.18. The average Bonchev–Trinajstić information content (AvgIpc) is 3.10. The lowest BCUT2D eigenvalue weighted by Crippen LogP contribution is -2.35. The Morgan fingerprint density at radius 1 is 1.20 bits per heavy atom. The summed E-state index contributed by atoms with van der Waals surface area (Å²) < 4.78 is 0. The second-order valence-corrected chi connectivity index (χ2v) is 4.89. The molecule has 1 aliphatic rings. The molecule has 0 unspecified atom stereocenters. The Hall–Kier alpha value is -2.34. The van der Waals surface area contributed by atoms with Crippen LogP contribution < -0.4 is 16.2 Å². The maximum absolute atomic E-state index is 11.9. The van der Waals surface area contributed by atoms with Gasteiger partial charge >= 0.3 is 0 Å². The number of rotatable bonds is 3. The molecule has 2 heterocycles. The Labute approximate surface area is 115 Å². The molecule has 6 heteroatoms. The van der Waals surface area contributed by atoms with E-state index in [1.807, 2.05) is 24.3 Å². The van der Waals surface area contributed by atoms with Crippen LogP contribution in [0.15, 0.2) is 35.1 Å². The van der Waals surface area contributed by atoms with E-state index in [0.717, 1.165) is 36.3 Å². The molecule has 0 spiro atoms. The number of nitrogens with one attached hydrogen (secondary N) is 4. The first-order valence-corrected chi connectivity index (χ1v) is 6.65. The van der Waals surface area contributed by atoms with Crippen molar-refractivity contribution in [2.24, 2.45) is 0 Å². The first kappa shape index (κ1) is 12.7. The Morgan fingerprint density at radius 2 is 2.00 bits per heavy atom. The van der Waals surface area contributed by atoms with Crippen LogP contribution in [-0.2, 0) is 4.79 Å². The number of benzene rings is 1. The molecule has 1 aliphatic heterocycles. The van der Waals surface area contributed by atoms with Crippen molar-refractivity contribution in [3.05, 3.63) is 40.7 Å². The average molecular weight is 272 g/mol. The number of H-pyrrole nitrogens is 2. The molecule has 2 aromatic rings. The number of carbonyl (C=O) groups is 1. The fourth-order valence-corrected chi connectivity index (χ4v) is 2.36. The van der Waals surface area contributed by atoms with Crippen molar-refractivity contribution < 1.29 is 4.79 Å². The van der Waals surface area contributed by atoms with Crippen LogP contribution in [0.3, 0.4) is 0 Å². The van der Waals surface area contributed by atoms with E-state index in [0.29, 0.717) is 0 Å². The van der Waals surface area contributed by atoms with Crippen LogP contribution in [0.2, 0.25) is 0 Å². The molecule has 0 saturated carbocycles. The molecular weight excluding hydrogens is 256 g/mol. The van der Waals surface area contributed by atoms with Gasteiger partial charge in [0, 0.05) is 11.8 Å². The number of amides is 1. The van der Waals surface area contributed by atoms with Gasteiger partial charge in [-0.1, -0.05) is 12.1 Å². The van der Waals surface area contributed by atoms with Crippen molar-refractivity contribution in [3.8, 4) is 11.3 Å². The zero-order chi connectivity index (χ0) is 13.9. The summed E-state index contributed by atoms with van der Waals surface area (Å²) in [5.41, 5.74) is 2.21. The van der Waals surface area contributed by atoms with Gasteiger partial charge in [0.1, 0.15) is 0 Å². The first-order valence-electron chi connectivity index (χ1n) is 6.65. The predicted molar refractivity (Wildman–Crippen MR) is 76.5 cm³/mol. The van der Waals surface area contributed by atoms with E-state index in [9.17, 15) is 9.59 Å². The molecule has 3 rings (SSSR count). The van der Waals surface area contributed by atoms with Crippen molar-refractivity contribution in [1.29, 1.82) is 0 Å². The molecule has 20 heavy (non-hydrogen) atoms. The smallest absolute Gasteiger partial charge is 0.264 e. The quantitative estimate of drug-likeness (QED) is 0.673. The molecule has 0 bridgehead atoms. The fraction of sp³-hybridized carbons (Fsp3) is 0.286. The number of carbonyl (C=O) groups excluding carboxylic acids is 1. The van der Waals surface area contributed by atoms with Gasteiger partial charge in [-0.05, 0) is 37.1 Å². The second-order valence-electron chi connectivity index (χ2n) is 4.89. The molecule has 1 fully saturated rings. The van der Waals surface area contributed by atoms with Crippen LogP contribution in [0.4, 0.5) is 5.69 Å². The van der Waals surface area contributed by atoms with Gasteiger partial charge in [0.2, 0.25) is 5.91 Å². The zero-order valence-electron chi connectivity index (χ0n) is 10.9. The van der Waals surface area contributed by atoms with Crippen LogP contribution in [0.1, 0.15) is 12.8 Å². The van der Waals surface area contributed by atoms with Crippen molar-refractivity contribution in [3.63, 3.8) is 0 Å². The summed E-state index contributed by atoms with van der Waals surface area (Å²) in [5.74, 6) is 0.00491. The summed E-state index contributed by atoms with van der Waals surface area (Å²) in [7, 11) is 0. The van der Waals surface area contributed by atoms with Crippen LogP contribution in [0, 0.1) is 0 Å². The minimum Gasteiger partial charge on any atom is -0.325 e. The molecule has 1 aromatic heterocycles. The topological polar surface area (TPSA) is 89.8 Å². The van der Waals surface area contributed by atoms with Crippen LogP contribution >= 0.6 is 0 Å². The van der Waals surface area contributed by atoms with Gasteiger partial charge in [0.25, 0.3) is 5.56 Å². The second kappa shape index (κ2) is 5.34. The normalized spacial score (nSPS) is 18.1. The molecule has 0 aliphatic carbocycles. The highest BCUT2D eigenvalue weighted by molar-refractivity contribution is 5.95. The van der Waals surface area contributed by atoms with E-state index in [1.54, 1.807) is 0 Å². The molecule has 104 valence electrons. The zero-order valence-corrected chi connectivity index (χ0v) is 10.9. The molecule has 6 nitrogen and oxygen atoms in total. The van der Waals surface area contributed by atoms with Gasteiger partial charge in [-0.25, -0.2) is 0 Å². The van der Waals surface area contributed by atoms with Gasteiger partial charge in [0.15, 0.2) is 0 Å². The van der Waals surface area contributed by atoms with Crippen molar-refractivity contribution in [2.75, 3.05) is 11.9 Å². The van der Waals surface area contributed by atoms with Gasteiger partial charge in [-0.15, -0.1) is 0 Å². The van der Waals surface area contributed by atoms with Crippen molar-refractivity contribution in [1.82, 2.24) is 15.5 Å². The lowest BCUT2D eigenvalue weighted by molar-refractivity contribution is -0.117. The molecule has 1 aromatic carbocycles. The molecule has 1 saturated heterocycles. The lowest BCUT2D eigenvalue weighted by atomic mass is 10.1. The summed E-state index contributed by atoms with van der Waals surface area (Å²) in [6.07, 6.45) is 1.92. The van der Waals surface area contributed by atoms with E-state index < -0.39 is 0 Å². The molecule has 1 atom stereocenters. The summed E-state index contributed by atoms with van der Waals surface area (Å²) in [4.78, 5) is 23.0. The SMILES string of the molecule is O=C(Nc1ccc(-c2cc(=O)[nH][nH]2)cc1)[C@@H]1CCCN1. The summed E-state index contributed by atoms with van der Waals surface area (Å²) >= 11 is 0. The fourth-order valence-electron chi connectivity index (χ4n) is 2.36. The third-order valence-corrected chi connectivity index (χ3v) is 3.44. The maximum atomic E-state index is 11.9. The third kappa shape index (κ3) is 2.65. The number of aromatic amines is 2. The molecule has 1 amide bonds. The van der Waals surface area contributed by atoms with E-state index >= 15 is 0 Å². The Bertz CT molecular complexity index is 650. The minimum atomic E-state index is -0.162. The number of hydrogen-bond acceptors (Lipinski definition) is 3. The largest absolute Gasteiger partial charge is 0.325 e. The van der Waals surface area contributed by atoms with E-state index in [-0.39, 0.29) is 17.5 Å². The van der Waals surface area contributed by atoms with Gasteiger partial charge in [-0.3, -0.25) is 19.8 Å². The highest BCUT2D eigenvalue weighted by atomic mass is 16.2. The highest BCUT2D eigenvalue weighted by Gasteiger charge is 2.21. The Kier molecular flexibility index (Phi) is 3.39. The standard InChI is InChI=1S/C14H16N4O2/c19-13-8-12(17-18-13)9-3-5-10(6-4-9)16-14(20)11-2-1-7-15-11/h3-6,8,11,15H,1-2,7H2,(H,16,20)(H2,17,18,19)/t11-/m0/s1. The van der Waals surface area contributed by atoms with E-state index in [4.69, 9.17) is 0 Å². The Morgan fingerprint density at radius 3 is 2.60 bits per heavy atom. The third-order valence-electron chi connectivity index (χ3n) is 3.44. The molecule has 0 radical (unpaired) electrons. The van der Waals surface area contributed by atoms with Crippen LogP contribution in [0.5, 0.6) is 0 Å². The molecular formula is C14H16N4O2. The minimum absolute atomic E-state index is 0.00491. The Balaban J connectivity index is 1.69. The summed E-state index contributed by atoms with van der Waals surface area (Å²) in [5, 5.41) is 11.3. The van der Waals surface area contributed by atoms with Crippen molar-refractivity contribution >= 4 is 11.6 Å². The monoisotopic (exact) mass is 272 g/mol. The molecule has 4 N–H and O–H groups in total. The van der Waals surface area contributed by atoms with Crippen molar-refractivity contribution in [2.45, 2.75) is 18.9 Å². The summed E-state index contributed by atoms with van der Waals surface area (Å²) in [6.45, 7) is 0.901.